The molecule has 0 fully saturated rings. The number of amides is 1. The molecule has 0 saturated heterocycles. The van der Waals surface area contributed by atoms with E-state index in [1.165, 1.54) is 0 Å². The second-order valence-electron chi connectivity index (χ2n) is 6.95. The van der Waals surface area contributed by atoms with Gasteiger partial charge in [-0.15, -0.1) is 0 Å². The van der Waals surface area contributed by atoms with Gasteiger partial charge >= 0.3 is 5.63 Å². The summed E-state index contributed by atoms with van der Waals surface area (Å²) in [7, 11) is 0. The first kappa shape index (κ1) is 17.3. The lowest BCUT2D eigenvalue weighted by atomic mass is 10.0. The Kier molecular flexibility index (Phi) is 4.66. The average Bonchev–Trinajstić information content (AvgIpc) is 2.91. The van der Waals surface area contributed by atoms with Crippen LogP contribution >= 0.6 is 0 Å². The van der Waals surface area contributed by atoms with Gasteiger partial charge in [-0.25, -0.2) is 4.79 Å². The first-order chi connectivity index (χ1) is 11.9. The average molecular weight is 341 g/mol. The second kappa shape index (κ2) is 6.75. The minimum Gasteiger partial charge on any atom is -0.464 e. The quantitative estimate of drug-likeness (QED) is 0.715. The number of fused-ring (bicyclic) bond motifs is 2. The number of hydrogen-bond acceptors (Lipinski definition) is 4. The fourth-order valence-electron chi connectivity index (χ4n) is 2.97. The van der Waals surface area contributed by atoms with Crippen LogP contribution in [0.1, 0.15) is 37.0 Å². The predicted molar refractivity (Wildman–Crippen MR) is 97.9 cm³/mol. The summed E-state index contributed by atoms with van der Waals surface area (Å²) in [6.45, 7) is 8.61. The largest absolute Gasteiger partial charge is 0.464 e. The van der Waals surface area contributed by atoms with Crippen LogP contribution in [-0.2, 0) is 11.2 Å². The van der Waals surface area contributed by atoms with Crippen molar-refractivity contribution in [1.82, 2.24) is 5.32 Å². The van der Waals surface area contributed by atoms with Gasteiger partial charge in [0.2, 0.25) is 5.91 Å². The van der Waals surface area contributed by atoms with Crippen molar-refractivity contribution in [3.05, 3.63) is 45.5 Å². The lowest BCUT2D eigenvalue weighted by molar-refractivity contribution is -0.121. The molecule has 0 aliphatic heterocycles. The van der Waals surface area contributed by atoms with Crippen LogP contribution < -0.4 is 10.9 Å². The van der Waals surface area contributed by atoms with Gasteiger partial charge in [-0.1, -0.05) is 13.8 Å². The molecule has 0 spiro atoms. The Bertz CT molecular complexity index is 994. The minimum atomic E-state index is -0.385. The van der Waals surface area contributed by atoms with Crippen molar-refractivity contribution in [2.24, 2.45) is 5.92 Å². The Morgan fingerprint density at radius 2 is 1.92 bits per heavy atom. The molecule has 0 bridgehead atoms. The summed E-state index contributed by atoms with van der Waals surface area (Å²) in [4.78, 5) is 24.3. The summed E-state index contributed by atoms with van der Waals surface area (Å²) >= 11 is 0. The molecule has 132 valence electrons. The minimum absolute atomic E-state index is 0.0475. The summed E-state index contributed by atoms with van der Waals surface area (Å²) < 4.78 is 11.0. The number of nitrogens with one attached hydrogen (secondary N) is 1. The highest BCUT2D eigenvalue weighted by Crippen LogP contribution is 2.28. The standard InChI is InChI=1S/C20H23NO4/c1-11(2)9-21-19(22)6-5-14-13(4)16-7-15-12(3)10-24-17(15)8-18(16)25-20(14)23/h7-8,10-11H,5-6,9H2,1-4H3,(H,21,22). The molecule has 0 aliphatic carbocycles. The Labute approximate surface area is 146 Å². The molecule has 5 nitrogen and oxygen atoms in total. The highest BCUT2D eigenvalue weighted by molar-refractivity contribution is 5.96. The van der Waals surface area contributed by atoms with Crippen LogP contribution in [0.15, 0.2) is 32.0 Å². The van der Waals surface area contributed by atoms with E-state index >= 15 is 0 Å². The smallest absolute Gasteiger partial charge is 0.339 e. The van der Waals surface area contributed by atoms with Crippen molar-refractivity contribution >= 4 is 27.8 Å². The molecule has 2 aromatic heterocycles. The SMILES string of the molecule is Cc1coc2cc3oc(=O)c(CCC(=O)NCC(C)C)c(C)c3cc12. The number of carbonyl (C=O) groups is 1. The van der Waals surface area contributed by atoms with Gasteiger partial charge < -0.3 is 14.2 Å². The molecular formula is C20H23NO4. The molecule has 1 amide bonds. The molecule has 1 N–H and O–H groups in total. The van der Waals surface area contributed by atoms with Crippen LogP contribution in [0.3, 0.4) is 0 Å². The van der Waals surface area contributed by atoms with E-state index in [2.05, 4.69) is 5.32 Å². The van der Waals surface area contributed by atoms with E-state index in [-0.39, 0.29) is 18.0 Å². The Morgan fingerprint density at radius 1 is 1.16 bits per heavy atom. The van der Waals surface area contributed by atoms with Gasteiger partial charge in [-0.2, -0.15) is 0 Å². The Morgan fingerprint density at radius 3 is 2.64 bits per heavy atom. The highest BCUT2D eigenvalue weighted by atomic mass is 16.4. The third-order valence-corrected chi connectivity index (χ3v) is 4.48. The monoisotopic (exact) mass is 341 g/mol. The van der Waals surface area contributed by atoms with E-state index in [0.29, 0.717) is 35.6 Å². The Hall–Kier alpha value is -2.56. The highest BCUT2D eigenvalue weighted by Gasteiger charge is 2.15. The van der Waals surface area contributed by atoms with Crippen LogP contribution in [0, 0.1) is 19.8 Å². The van der Waals surface area contributed by atoms with Gasteiger partial charge in [0.15, 0.2) is 0 Å². The number of benzene rings is 1. The van der Waals surface area contributed by atoms with E-state index in [1.807, 2.05) is 33.8 Å². The molecule has 0 unspecified atom stereocenters. The van der Waals surface area contributed by atoms with Crippen molar-refractivity contribution < 1.29 is 13.6 Å². The van der Waals surface area contributed by atoms with Crippen LogP contribution in [0.5, 0.6) is 0 Å². The van der Waals surface area contributed by atoms with E-state index < -0.39 is 0 Å². The summed E-state index contributed by atoms with van der Waals surface area (Å²) in [5, 5.41) is 4.76. The van der Waals surface area contributed by atoms with Crippen molar-refractivity contribution in [1.29, 1.82) is 0 Å². The first-order valence-corrected chi connectivity index (χ1v) is 8.57. The zero-order valence-electron chi connectivity index (χ0n) is 15.1. The van der Waals surface area contributed by atoms with Gasteiger partial charge in [0.25, 0.3) is 0 Å². The van der Waals surface area contributed by atoms with Crippen molar-refractivity contribution in [2.45, 2.75) is 40.5 Å². The number of furan rings is 1. The number of aryl methyl sites for hydroxylation is 2. The van der Waals surface area contributed by atoms with E-state index in [4.69, 9.17) is 8.83 Å². The third-order valence-electron chi connectivity index (χ3n) is 4.48. The van der Waals surface area contributed by atoms with Gasteiger partial charge in [-0.05, 0) is 43.4 Å². The molecule has 0 aliphatic rings. The molecule has 5 heteroatoms. The molecule has 0 radical (unpaired) electrons. The molecular weight excluding hydrogens is 318 g/mol. The van der Waals surface area contributed by atoms with Crippen molar-refractivity contribution in [3.8, 4) is 0 Å². The van der Waals surface area contributed by atoms with Crippen molar-refractivity contribution in [3.63, 3.8) is 0 Å². The van der Waals surface area contributed by atoms with E-state index in [1.54, 1.807) is 12.3 Å². The maximum absolute atomic E-state index is 12.3. The summed E-state index contributed by atoms with van der Waals surface area (Å²) in [5.41, 5.74) is 3.30. The molecule has 3 aromatic rings. The molecule has 2 heterocycles. The Balaban J connectivity index is 1.93. The zero-order valence-corrected chi connectivity index (χ0v) is 15.1. The lowest BCUT2D eigenvalue weighted by Gasteiger charge is -2.09. The van der Waals surface area contributed by atoms with Crippen LogP contribution in [-0.4, -0.2) is 12.5 Å². The van der Waals surface area contributed by atoms with Gasteiger partial charge in [-0.3, -0.25) is 4.79 Å². The van der Waals surface area contributed by atoms with Crippen molar-refractivity contribution in [2.75, 3.05) is 6.54 Å². The second-order valence-corrected chi connectivity index (χ2v) is 6.95. The lowest BCUT2D eigenvalue weighted by Crippen LogP contribution is -2.28. The summed E-state index contributed by atoms with van der Waals surface area (Å²) in [6, 6.07) is 3.75. The van der Waals surface area contributed by atoms with Gasteiger partial charge in [0, 0.05) is 35.4 Å². The molecule has 1 aromatic carbocycles. The summed E-state index contributed by atoms with van der Waals surface area (Å²) in [5.74, 6) is 0.353. The maximum atomic E-state index is 12.3. The van der Waals surface area contributed by atoms with Crippen LogP contribution in [0.2, 0.25) is 0 Å². The van der Waals surface area contributed by atoms with E-state index in [9.17, 15) is 9.59 Å². The molecule has 0 saturated carbocycles. The normalized spacial score (nSPS) is 11.6. The third kappa shape index (κ3) is 3.45. The number of hydrogen-bond donors (Lipinski definition) is 1. The van der Waals surface area contributed by atoms with Gasteiger partial charge in [0.1, 0.15) is 11.2 Å². The van der Waals surface area contributed by atoms with Crippen LogP contribution in [0.25, 0.3) is 21.9 Å². The number of carbonyl (C=O) groups excluding carboxylic acids is 1. The molecule has 25 heavy (non-hydrogen) atoms. The molecule has 3 rings (SSSR count). The fourth-order valence-corrected chi connectivity index (χ4v) is 2.97. The topological polar surface area (TPSA) is 72.5 Å². The number of rotatable bonds is 5. The first-order valence-electron chi connectivity index (χ1n) is 8.57. The van der Waals surface area contributed by atoms with E-state index in [0.717, 1.165) is 21.9 Å². The molecule has 0 atom stereocenters. The maximum Gasteiger partial charge on any atom is 0.339 e. The summed E-state index contributed by atoms with van der Waals surface area (Å²) in [6.07, 6.45) is 2.34. The fraction of sp³-hybridized carbons (Fsp3) is 0.400. The predicted octanol–water partition coefficient (Wildman–Crippen LogP) is 3.86. The zero-order chi connectivity index (χ0) is 18.1. The van der Waals surface area contributed by atoms with Gasteiger partial charge in [0.05, 0.1) is 6.26 Å². The van der Waals surface area contributed by atoms with Crippen LogP contribution in [0.4, 0.5) is 0 Å².